The topological polar surface area (TPSA) is 95.9 Å². The number of hydrogen-bond donors (Lipinski definition) is 1. The Kier molecular flexibility index (Phi) is 6.35. The number of benzene rings is 1. The predicted molar refractivity (Wildman–Crippen MR) is 104 cm³/mol. The van der Waals surface area contributed by atoms with Crippen LogP contribution in [0.25, 0.3) is 11.2 Å². The molecule has 0 aliphatic rings. The lowest BCUT2D eigenvalue weighted by Crippen LogP contribution is -2.12. The van der Waals surface area contributed by atoms with Crippen molar-refractivity contribution in [1.29, 1.82) is 0 Å². The Labute approximate surface area is 158 Å². The third-order valence-electron chi connectivity index (χ3n) is 4.40. The van der Waals surface area contributed by atoms with Crippen molar-refractivity contribution in [1.82, 2.24) is 19.5 Å². The zero-order valence-electron chi connectivity index (χ0n) is 15.6. The van der Waals surface area contributed by atoms with Crippen LogP contribution in [0.4, 0.5) is 5.82 Å². The van der Waals surface area contributed by atoms with Crippen LogP contribution in [-0.4, -0.2) is 25.5 Å². The summed E-state index contributed by atoms with van der Waals surface area (Å²) < 4.78 is 7.32. The molecule has 142 valence electrons. The monoisotopic (exact) mass is 367 g/mol. The number of hydrogen-bond acceptors (Lipinski definition) is 6. The van der Waals surface area contributed by atoms with Crippen molar-refractivity contribution in [2.24, 2.45) is 0 Å². The molecule has 7 heteroatoms. The second-order valence-corrected chi connectivity index (χ2v) is 6.54. The molecule has 0 radical (unpaired) electrons. The number of fused-ring (bicyclic) bond motifs is 1. The quantitative estimate of drug-likeness (QED) is 0.457. The maximum absolute atomic E-state index is 12.3. The molecule has 0 fully saturated rings. The molecule has 0 unspecified atom stereocenters. The lowest BCUT2D eigenvalue weighted by Gasteiger charge is -2.09. The molecule has 7 nitrogen and oxygen atoms in total. The fourth-order valence-corrected chi connectivity index (χ4v) is 2.95. The number of nitrogen functional groups attached to an aromatic ring is 1. The number of ether oxygens (including phenoxy) is 1. The highest BCUT2D eigenvalue weighted by molar-refractivity contribution is 5.83. The molecule has 0 atom stereocenters. The Morgan fingerprint density at radius 3 is 2.67 bits per heavy atom. The number of nitrogens with zero attached hydrogens (tertiary/aromatic N) is 4. The van der Waals surface area contributed by atoms with E-state index in [1.807, 2.05) is 30.3 Å². The summed E-state index contributed by atoms with van der Waals surface area (Å²) in [7, 11) is 0. The second-order valence-electron chi connectivity index (χ2n) is 6.54. The van der Waals surface area contributed by atoms with Gasteiger partial charge in [0.2, 0.25) is 0 Å². The van der Waals surface area contributed by atoms with Crippen LogP contribution in [0.2, 0.25) is 0 Å². The molecule has 2 N–H and O–H groups in total. The third-order valence-corrected chi connectivity index (χ3v) is 4.40. The molecular formula is C20H25N5O2. The summed E-state index contributed by atoms with van der Waals surface area (Å²) >= 11 is 0. The second kappa shape index (κ2) is 9.12. The maximum atomic E-state index is 12.3. The van der Waals surface area contributed by atoms with Crippen molar-refractivity contribution in [3.8, 4) is 6.01 Å². The molecule has 3 rings (SSSR count). The van der Waals surface area contributed by atoms with Crippen molar-refractivity contribution in [3.05, 3.63) is 42.2 Å². The highest BCUT2D eigenvalue weighted by Gasteiger charge is 2.18. The number of unbranched alkanes of at least 4 members (excludes halogenated alkanes) is 4. The molecule has 0 saturated heterocycles. The molecule has 2 heterocycles. The van der Waals surface area contributed by atoms with E-state index >= 15 is 0 Å². The van der Waals surface area contributed by atoms with Crippen molar-refractivity contribution in [2.45, 2.75) is 52.0 Å². The summed E-state index contributed by atoms with van der Waals surface area (Å²) in [5.74, 6) is -0.0219. The average molecular weight is 367 g/mol. The van der Waals surface area contributed by atoms with E-state index in [0.717, 1.165) is 24.8 Å². The number of carbonyl (C=O) groups excluding carboxylic acids is 1. The minimum Gasteiger partial charge on any atom is -0.392 e. The highest BCUT2D eigenvalue weighted by Crippen LogP contribution is 2.24. The molecule has 2 aromatic heterocycles. The zero-order chi connectivity index (χ0) is 19.1. The van der Waals surface area contributed by atoms with Gasteiger partial charge in [-0.05, 0) is 12.0 Å². The number of imidazole rings is 1. The van der Waals surface area contributed by atoms with E-state index in [2.05, 4.69) is 21.9 Å². The van der Waals surface area contributed by atoms with Gasteiger partial charge in [0.25, 0.3) is 0 Å². The van der Waals surface area contributed by atoms with Gasteiger partial charge >= 0.3 is 12.0 Å². The van der Waals surface area contributed by atoms with Crippen molar-refractivity contribution >= 4 is 23.0 Å². The smallest absolute Gasteiger partial charge is 0.313 e. The van der Waals surface area contributed by atoms with Gasteiger partial charge in [0, 0.05) is 6.42 Å². The van der Waals surface area contributed by atoms with Crippen LogP contribution in [0.15, 0.2) is 36.7 Å². The molecule has 27 heavy (non-hydrogen) atoms. The van der Waals surface area contributed by atoms with Crippen LogP contribution in [0.3, 0.4) is 0 Å². The lowest BCUT2D eigenvalue weighted by atomic mass is 10.1. The number of carbonyl (C=O) groups is 1. The van der Waals surface area contributed by atoms with Gasteiger partial charge in [-0.2, -0.15) is 4.98 Å². The summed E-state index contributed by atoms with van der Waals surface area (Å²) in [5, 5.41) is 0. The SMILES string of the molecule is CCCCCCCC(=O)Oc1nc2c(N)ncnc2n1Cc1ccccc1. The van der Waals surface area contributed by atoms with Gasteiger partial charge in [-0.25, -0.2) is 9.97 Å². The molecule has 0 amide bonds. The molecule has 0 spiro atoms. The van der Waals surface area contributed by atoms with Crippen LogP contribution in [0.5, 0.6) is 6.01 Å². The van der Waals surface area contributed by atoms with Crippen LogP contribution >= 0.6 is 0 Å². The van der Waals surface area contributed by atoms with E-state index in [9.17, 15) is 4.79 Å². The normalized spacial score (nSPS) is 11.0. The van der Waals surface area contributed by atoms with E-state index in [4.69, 9.17) is 10.5 Å². The first-order chi connectivity index (χ1) is 13.2. The summed E-state index contributed by atoms with van der Waals surface area (Å²) in [6, 6.07) is 10.1. The Bertz CT molecular complexity index is 892. The van der Waals surface area contributed by atoms with Crippen LogP contribution in [0.1, 0.15) is 51.0 Å². The number of esters is 1. The van der Waals surface area contributed by atoms with Gasteiger partial charge in [0.1, 0.15) is 6.33 Å². The summed E-state index contributed by atoms with van der Waals surface area (Å²) in [6.07, 6.45) is 7.12. The summed E-state index contributed by atoms with van der Waals surface area (Å²) in [4.78, 5) is 24.9. The van der Waals surface area contributed by atoms with E-state index in [-0.39, 0.29) is 17.8 Å². The van der Waals surface area contributed by atoms with E-state index < -0.39 is 0 Å². The lowest BCUT2D eigenvalue weighted by molar-refractivity contribution is -0.135. The van der Waals surface area contributed by atoms with Gasteiger partial charge in [-0.1, -0.05) is 62.9 Å². The Morgan fingerprint density at radius 1 is 1.11 bits per heavy atom. The number of nitrogens with two attached hydrogens (primary N) is 1. The molecule has 3 aromatic rings. The minimum atomic E-state index is -0.289. The number of anilines is 1. The third kappa shape index (κ3) is 4.81. The Balaban J connectivity index is 1.78. The van der Waals surface area contributed by atoms with Gasteiger partial charge in [0.15, 0.2) is 17.0 Å². The van der Waals surface area contributed by atoms with Crippen LogP contribution in [-0.2, 0) is 11.3 Å². The Hall–Kier alpha value is -2.96. The van der Waals surface area contributed by atoms with Crippen molar-refractivity contribution in [2.75, 3.05) is 5.73 Å². The van der Waals surface area contributed by atoms with Crippen LogP contribution < -0.4 is 10.5 Å². The maximum Gasteiger partial charge on any atom is 0.313 e. The van der Waals surface area contributed by atoms with Gasteiger partial charge in [-0.15, -0.1) is 0 Å². The fourth-order valence-electron chi connectivity index (χ4n) is 2.95. The molecular weight excluding hydrogens is 342 g/mol. The standard InChI is InChI=1S/C20H25N5O2/c1-2-3-4-5-9-12-16(26)27-20-24-17-18(21)22-14-23-19(17)25(20)13-15-10-7-6-8-11-15/h6-8,10-11,14H,2-5,9,12-13H2,1H3,(H2,21,22,23). The first kappa shape index (κ1) is 18.8. The molecule has 0 aliphatic heterocycles. The number of rotatable bonds is 9. The zero-order valence-corrected chi connectivity index (χ0v) is 15.6. The average Bonchev–Trinajstić information content (AvgIpc) is 3.01. The largest absolute Gasteiger partial charge is 0.392 e. The molecule has 0 saturated carbocycles. The van der Waals surface area contributed by atoms with E-state index in [1.54, 1.807) is 4.57 Å². The van der Waals surface area contributed by atoms with Crippen molar-refractivity contribution in [3.63, 3.8) is 0 Å². The summed E-state index contributed by atoms with van der Waals surface area (Å²) in [5.41, 5.74) is 7.97. The van der Waals surface area contributed by atoms with E-state index in [1.165, 1.54) is 19.2 Å². The van der Waals surface area contributed by atoms with Gasteiger partial charge in [-0.3, -0.25) is 9.36 Å². The predicted octanol–water partition coefficient (Wildman–Crippen LogP) is 3.72. The highest BCUT2D eigenvalue weighted by atomic mass is 16.5. The Morgan fingerprint density at radius 2 is 1.89 bits per heavy atom. The van der Waals surface area contributed by atoms with Gasteiger partial charge in [0.05, 0.1) is 6.54 Å². The first-order valence-electron chi connectivity index (χ1n) is 9.40. The summed E-state index contributed by atoms with van der Waals surface area (Å²) in [6.45, 7) is 2.65. The first-order valence-corrected chi connectivity index (χ1v) is 9.40. The van der Waals surface area contributed by atoms with Crippen LogP contribution in [0, 0.1) is 0 Å². The van der Waals surface area contributed by atoms with Crippen molar-refractivity contribution < 1.29 is 9.53 Å². The van der Waals surface area contributed by atoms with E-state index in [0.29, 0.717) is 24.1 Å². The fraction of sp³-hybridized carbons (Fsp3) is 0.400. The molecule has 0 bridgehead atoms. The molecule has 0 aliphatic carbocycles. The molecule has 1 aromatic carbocycles. The number of aromatic nitrogens is 4. The minimum absolute atomic E-state index is 0.208. The van der Waals surface area contributed by atoms with Gasteiger partial charge < -0.3 is 10.5 Å².